The van der Waals surface area contributed by atoms with Gasteiger partial charge in [0.15, 0.2) is 0 Å². The van der Waals surface area contributed by atoms with Gasteiger partial charge in [0.05, 0.1) is 0 Å². The van der Waals surface area contributed by atoms with E-state index in [0.29, 0.717) is 0 Å². The molecule has 0 saturated heterocycles. The Hall–Kier alpha value is -1.50. The molecule has 3 aromatic carbocycles. The van der Waals surface area contributed by atoms with Crippen LogP contribution in [0.4, 0.5) is 0 Å². The van der Waals surface area contributed by atoms with Gasteiger partial charge in [-0.2, -0.15) is 0 Å². The third-order valence-corrected chi connectivity index (χ3v) is 4.67. The predicted molar refractivity (Wildman–Crippen MR) is 143 cm³/mol. The quantitative estimate of drug-likeness (QED) is 0.345. The second kappa shape index (κ2) is 16.2. The standard InChI is InChI=1S/3C10H13.CH4O.Zr/c3*1-10(2,3)9-7-5-4-6-8-9;1-2;/h3*4-8H,1H2,2-3H3;2H,1H3;/q3*-1;;+3. The van der Waals surface area contributed by atoms with Crippen LogP contribution in [-0.2, 0) is 42.4 Å². The van der Waals surface area contributed by atoms with E-state index in [1.807, 2.05) is 54.6 Å². The summed E-state index contributed by atoms with van der Waals surface area (Å²) in [4.78, 5) is 0. The molecule has 0 aromatic heterocycles. The Morgan fingerprint density at radius 3 is 0.667 bits per heavy atom. The fourth-order valence-electron chi connectivity index (χ4n) is 2.67. The van der Waals surface area contributed by atoms with E-state index in [4.69, 9.17) is 5.11 Å². The molecule has 0 aliphatic heterocycles. The summed E-state index contributed by atoms with van der Waals surface area (Å²) in [7, 11) is 1.00. The average molecular weight is 523 g/mol. The number of rotatable bonds is 3. The molecule has 0 bridgehead atoms. The second-order valence-corrected chi connectivity index (χ2v) is 9.75. The first-order valence-electron chi connectivity index (χ1n) is 11.0. The topological polar surface area (TPSA) is 20.2 Å². The zero-order valence-electron chi connectivity index (χ0n) is 21.7. The van der Waals surface area contributed by atoms with Crippen LogP contribution in [0.5, 0.6) is 0 Å². The zero-order chi connectivity index (χ0) is 24.8. The van der Waals surface area contributed by atoms with Gasteiger partial charge in [-0.3, -0.25) is 0 Å². The first-order chi connectivity index (χ1) is 14.8. The molecule has 2 heteroatoms. The summed E-state index contributed by atoms with van der Waals surface area (Å²) in [6, 6.07) is 31.0. The SMILES string of the molecule is CO.[CH2-]C(C)(C)c1ccccc1.[CH2-]C(C)(C)c1ccccc1.[CH2-]C(C)(C)c1ccccc1.[Zr+3]. The molecular formula is C31H43OZr. The van der Waals surface area contributed by atoms with E-state index in [2.05, 4.69) is 98.7 Å². The zero-order valence-corrected chi connectivity index (χ0v) is 24.2. The maximum Gasteiger partial charge on any atom is 3.00 e. The monoisotopic (exact) mass is 521 g/mol. The van der Waals surface area contributed by atoms with Crippen LogP contribution in [-0.4, -0.2) is 12.2 Å². The van der Waals surface area contributed by atoms with E-state index in [1.165, 1.54) is 16.7 Å². The molecule has 0 saturated carbocycles. The van der Waals surface area contributed by atoms with E-state index in [0.717, 1.165) is 7.11 Å². The van der Waals surface area contributed by atoms with Gasteiger partial charge in [-0.1, -0.05) is 149 Å². The molecule has 0 aliphatic carbocycles. The molecule has 3 aromatic rings. The Labute approximate surface area is 223 Å². The Bertz CT molecular complexity index is 704. The Morgan fingerprint density at radius 2 is 0.576 bits per heavy atom. The molecule has 0 aliphatic rings. The van der Waals surface area contributed by atoms with Gasteiger partial charge in [-0.15, -0.1) is 16.2 Å². The number of benzene rings is 3. The van der Waals surface area contributed by atoms with Crippen LogP contribution in [0.25, 0.3) is 0 Å². The van der Waals surface area contributed by atoms with Crippen molar-refractivity contribution in [3.05, 3.63) is 128 Å². The van der Waals surface area contributed by atoms with Gasteiger partial charge in [0.1, 0.15) is 0 Å². The van der Waals surface area contributed by atoms with Crippen molar-refractivity contribution in [2.24, 2.45) is 0 Å². The summed E-state index contributed by atoms with van der Waals surface area (Å²) in [5.41, 5.74) is 3.99. The van der Waals surface area contributed by atoms with E-state index >= 15 is 0 Å². The van der Waals surface area contributed by atoms with Crippen molar-refractivity contribution in [3.8, 4) is 0 Å². The van der Waals surface area contributed by atoms with Crippen molar-refractivity contribution in [1.82, 2.24) is 0 Å². The van der Waals surface area contributed by atoms with Crippen molar-refractivity contribution >= 4 is 0 Å². The molecule has 33 heavy (non-hydrogen) atoms. The van der Waals surface area contributed by atoms with Gasteiger partial charge < -0.3 is 25.9 Å². The Morgan fingerprint density at radius 1 is 0.424 bits per heavy atom. The molecule has 177 valence electrons. The molecule has 0 fully saturated rings. The Balaban J connectivity index is 0. The first kappa shape index (κ1) is 33.7. The van der Waals surface area contributed by atoms with Crippen molar-refractivity contribution in [1.29, 1.82) is 0 Å². The van der Waals surface area contributed by atoms with Crippen LogP contribution < -0.4 is 0 Å². The van der Waals surface area contributed by atoms with Crippen LogP contribution in [0.1, 0.15) is 58.2 Å². The molecule has 0 spiro atoms. The van der Waals surface area contributed by atoms with E-state index in [9.17, 15) is 0 Å². The first-order valence-corrected chi connectivity index (χ1v) is 11.0. The van der Waals surface area contributed by atoms with Crippen molar-refractivity contribution in [3.63, 3.8) is 0 Å². The van der Waals surface area contributed by atoms with Gasteiger partial charge in [0, 0.05) is 7.11 Å². The van der Waals surface area contributed by atoms with Crippen LogP contribution in [0.15, 0.2) is 91.0 Å². The minimum absolute atomic E-state index is 0. The summed E-state index contributed by atoms with van der Waals surface area (Å²) >= 11 is 0. The van der Waals surface area contributed by atoms with Gasteiger partial charge in [-0.25, -0.2) is 0 Å². The van der Waals surface area contributed by atoms with Crippen molar-refractivity contribution in [2.75, 3.05) is 7.11 Å². The van der Waals surface area contributed by atoms with Crippen LogP contribution in [0, 0.1) is 20.8 Å². The largest absolute Gasteiger partial charge is 3.00 e. The molecule has 1 N–H and O–H groups in total. The third kappa shape index (κ3) is 15.1. The van der Waals surface area contributed by atoms with Gasteiger partial charge in [0.2, 0.25) is 0 Å². The van der Waals surface area contributed by atoms with Crippen LogP contribution in [0.3, 0.4) is 0 Å². The Kier molecular flexibility index (Phi) is 16.5. The summed E-state index contributed by atoms with van der Waals surface area (Å²) in [5.74, 6) is 0. The maximum atomic E-state index is 7.00. The summed E-state index contributed by atoms with van der Waals surface area (Å²) in [5, 5.41) is 7.00. The minimum Gasteiger partial charge on any atom is -0.400 e. The fraction of sp³-hybridized carbons (Fsp3) is 0.323. The summed E-state index contributed by atoms with van der Waals surface area (Å²) < 4.78 is 0. The second-order valence-electron chi connectivity index (χ2n) is 9.75. The summed E-state index contributed by atoms with van der Waals surface area (Å²) in [6.45, 7) is 24.8. The molecule has 0 atom stereocenters. The number of aliphatic hydroxyl groups is 1. The smallest absolute Gasteiger partial charge is 0.400 e. The molecule has 3 rings (SSSR count). The predicted octanol–water partition coefficient (Wildman–Crippen LogP) is 8.00. The maximum absolute atomic E-state index is 7.00. The van der Waals surface area contributed by atoms with Crippen molar-refractivity contribution < 1.29 is 31.3 Å². The van der Waals surface area contributed by atoms with E-state index in [1.54, 1.807) is 0 Å². The fourth-order valence-corrected chi connectivity index (χ4v) is 2.67. The van der Waals surface area contributed by atoms with Gasteiger partial charge >= 0.3 is 26.2 Å². The third-order valence-electron chi connectivity index (χ3n) is 4.67. The van der Waals surface area contributed by atoms with Gasteiger partial charge in [-0.05, 0) is 0 Å². The van der Waals surface area contributed by atoms with Crippen LogP contribution >= 0.6 is 0 Å². The molecule has 0 heterocycles. The van der Waals surface area contributed by atoms with Gasteiger partial charge in [0.25, 0.3) is 0 Å². The van der Waals surface area contributed by atoms with E-state index in [-0.39, 0.29) is 42.4 Å². The number of aliphatic hydroxyl groups excluding tert-OH is 1. The summed E-state index contributed by atoms with van der Waals surface area (Å²) in [6.07, 6.45) is 0. The van der Waals surface area contributed by atoms with Crippen molar-refractivity contribution in [2.45, 2.75) is 57.8 Å². The number of hydrogen-bond acceptors (Lipinski definition) is 1. The minimum atomic E-state index is 0. The molecule has 0 unspecified atom stereocenters. The van der Waals surface area contributed by atoms with Crippen LogP contribution in [0.2, 0.25) is 0 Å². The molecule has 1 radical (unpaired) electrons. The average Bonchev–Trinajstić information content (AvgIpc) is 2.76. The normalized spacial score (nSPS) is 10.6. The van der Waals surface area contributed by atoms with E-state index < -0.39 is 0 Å². The number of hydrogen-bond donors (Lipinski definition) is 1. The molecule has 1 nitrogen and oxygen atoms in total. The molecule has 0 amide bonds. The molecular weight excluding hydrogens is 480 g/mol.